The van der Waals surface area contributed by atoms with Gasteiger partial charge in [0.25, 0.3) is 11.5 Å². The third-order valence-electron chi connectivity index (χ3n) is 7.00. The van der Waals surface area contributed by atoms with E-state index in [2.05, 4.69) is 10.3 Å². The van der Waals surface area contributed by atoms with E-state index >= 15 is 0 Å². The molecule has 4 aromatic rings. The molecule has 0 atom stereocenters. The number of aromatic nitrogens is 2. The van der Waals surface area contributed by atoms with Crippen molar-refractivity contribution in [3.8, 4) is 5.75 Å². The van der Waals surface area contributed by atoms with E-state index in [0.29, 0.717) is 48.9 Å². The standard InChI is InChI=1S/C30H26FN5O4/c31-22-12-11-21(24(17-22)34-15-13-25(34)37)18-36(23-9-5-2-6-10-23)28(38)26-27(40-19-20-7-3-1-4-8-20)29(39)35-16-14-32-30(35)33-26/h1-12,17H,13-16,18-19H2,(H,32,33). The summed E-state index contributed by atoms with van der Waals surface area (Å²) in [5, 5.41) is 3.06. The van der Waals surface area contributed by atoms with E-state index in [-0.39, 0.29) is 30.5 Å². The fourth-order valence-corrected chi connectivity index (χ4v) is 4.84. The van der Waals surface area contributed by atoms with Crippen LogP contribution in [0.15, 0.2) is 83.7 Å². The van der Waals surface area contributed by atoms with E-state index in [0.717, 1.165) is 5.56 Å². The average molecular weight is 540 g/mol. The molecule has 6 rings (SSSR count). The van der Waals surface area contributed by atoms with Crippen LogP contribution in [0.5, 0.6) is 5.75 Å². The third-order valence-corrected chi connectivity index (χ3v) is 7.00. The Bertz CT molecular complexity index is 1640. The van der Waals surface area contributed by atoms with Crippen molar-refractivity contribution in [3.63, 3.8) is 0 Å². The van der Waals surface area contributed by atoms with E-state index < -0.39 is 17.3 Å². The molecule has 3 heterocycles. The Morgan fingerprint density at radius 3 is 2.45 bits per heavy atom. The molecule has 1 fully saturated rings. The van der Waals surface area contributed by atoms with Crippen molar-refractivity contribution >= 4 is 29.1 Å². The second kappa shape index (κ2) is 10.6. The lowest BCUT2D eigenvalue weighted by molar-refractivity contribution is -0.122. The first kappa shape index (κ1) is 25.3. The molecular formula is C30H26FN5O4. The number of ether oxygens (including phenoxy) is 1. The zero-order valence-corrected chi connectivity index (χ0v) is 21.5. The van der Waals surface area contributed by atoms with Crippen LogP contribution in [0, 0.1) is 5.82 Å². The van der Waals surface area contributed by atoms with Gasteiger partial charge in [-0.2, -0.15) is 0 Å². The van der Waals surface area contributed by atoms with Crippen LogP contribution in [0.1, 0.15) is 28.0 Å². The largest absolute Gasteiger partial charge is 0.481 e. The minimum absolute atomic E-state index is 0.00783. The summed E-state index contributed by atoms with van der Waals surface area (Å²) in [5.74, 6) is -0.998. The summed E-state index contributed by atoms with van der Waals surface area (Å²) in [7, 11) is 0. The molecule has 0 radical (unpaired) electrons. The minimum Gasteiger partial charge on any atom is -0.481 e. The Hall–Kier alpha value is -4.99. The molecule has 10 heteroatoms. The number of amides is 2. The highest BCUT2D eigenvalue weighted by Crippen LogP contribution is 2.31. The molecule has 0 saturated carbocycles. The van der Waals surface area contributed by atoms with Gasteiger partial charge in [0.15, 0.2) is 5.69 Å². The minimum atomic E-state index is -0.561. The van der Waals surface area contributed by atoms with Crippen molar-refractivity contribution in [1.82, 2.24) is 9.55 Å². The SMILES string of the molecule is O=C(c1nc2n(c(=O)c1OCc1ccccc1)CCN2)N(Cc1ccc(F)cc1N1CCC1=O)c1ccccc1. The van der Waals surface area contributed by atoms with Crippen molar-refractivity contribution in [2.45, 2.75) is 26.1 Å². The molecule has 1 aromatic heterocycles. The number of para-hydroxylation sites is 1. The highest BCUT2D eigenvalue weighted by Gasteiger charge is 2.32. The average Bonchev–Trinajstić information content (AvgIpc) is 3.45. The fourth-order valence-electron chi connectivity index (χ4n) is 4.84. The van der Waals surface area contributed by atoms with Gasteiger partial charge in [-0.25, -0.2) is 9.37 Å². The van der Waals surface area contributed by atoms with Gasteiger partial charge in [-0.15, -0.1) is 0 Å². The van der Waals surface area contributed by atoms with E-state index in [1.54, 1.807) is 30.3 Å². The number of fused-ring (bicyclic) bond motifs is 1. The van der Waals surface area contributed by atoms with E-state index in [4.69, 9.17) is 4.74 Å². The maximum absolute atomic E-state index is 14.3. The van der Waals surface area contributed by atoms with Crippen LogP contribution in [0.4, 0.5) is 21.7 Å². The van der Waals surface area contributed by atoms with E-state index in [1.807, 2.05) is 36.4 Å². The molecule has 2 amide bonds. The normalized spacial score (nSPS) is 13.8. The third kappa shape index (κ3) is 4.79. The molecule has 40 heavy (non-hydrogen) atoms. The molecule has 2 aliphatic heterocycles. The van der Waals surface area contributed by atoms with Gasteiger partial charge in [-0.05, 0) is 35.4 Å². The van der Waals surface area contributed by atoms with Gasteiger partial charge in [0, 0.05) is 31.7 Å². The number of hydrogen-bond acceptors (Lipinski definition) is 6. The molecular weight excluding hydrogens is 513 g/mol. The second-order valence-electron chi connectivity index (χ2n) is 9.57. The Morgan fingerprint density at radius 2 is 1.75 bits per heavy atom. The Morgan fingerprint density at radius 1 is 1.00 bits per heavy atom. The zero-order chi connectivity index (χ0) is 27.6. The van der Waals surface area contributed by atoms with Gasteiger partial charge in [0.05, 0.1) is 12.2 Å². The fraction of sp³-hybridized carbons (Fsp3) is 0.200. The van der Waals surface area contributed by atoms with Crippen molar-refractivity contribution in [3.05, 3.63) is 112 Å². The topological polar surface area (TPSA) is 96.8 Å². The lowest BCUT2D eigenvalue weighted by atomic mass is 10.1. The molecule has 202 valence electrons. The number of hydrogen-bond donors (Lipinski definition) is 1. The van der Waals surface area contributed by atoms with E-state index in [1.165, 1.54) is 26.5 Å². The molecule has 9 nitrogen and oxygen atoms in total. The number of halogens is 1. The van der Waals surface area contributed by atoms with Crippen molar-refractivity contribution in [2.75, 3.05) is 28.2 Å². The van der Waals surface area contributed by atoms with Gasteiger partial charge in [-0.3, -0.25) is 19.0 Å². The van der Waals surface area contributed by atoms with Gasteiger partial charge in [0.2, 0.25) is 17.6 Å². The Balaban J connectivity index is 1.42. The highest BCUT2D eigenvalue weighted by molar-refractivity contribution is 6.07. The molecule has 1 N–H and O–H groups in total. The van der Waals surface area contributed by atoms with Crippen LogP contribution < -0.4 is 25.4 Å². The predicted molar refractivity (Wildman–Crippen MR) is 148 cm³/mol. The second-order valence-corrected chi connectivity index (χ2v) is 9.57. The zero-order valence-electron chi connectivity index (χ0n) is 21.5. The number of nitrogens with zero attached hydrogens (tertiary/aromatic N) is 4. The van der Waals surface area contributed by atoms with Crippen molar-refractivity contribution in [1.29, 1.82) is 0 Å². The van der Waals surface area contributed by atoms with Crippen LogP contribution in [0.25, 0.3) is 0 Å². The lowest BCUT2D eigenvalue weighted by Crippen LogP contribution is -2.44. The molecule has 0 aliphatic carbocycles. The van der Waals surface area contributed by atoms with Gasteiger partial charge >= 0.3 is 0 Å². The predicted octanol–water partition coefficient (Wildman–Crippen LogP) is 3.97. The monoisotopic (exact) mass is 539 g/mol. The van der Waals surface area contributed by atoms with Gasteiger partial charge in [-0.1, -0.05) is 54.6 Å². The molecule has 0 unspecified atom stereocenters. The first-order valence-electron chi connectivity index (χ1n) is 13.0. The first-order chi connectivity index (χ1) is 19.5. The number of β-lactam (4-membered cyclic amide) rings is 1. The smallest absolute Gasteiger partial charge is 0.298 e. The summed E-state index contributed by atoms with van der Waals surface area (Å²) in [6, 6.07) is 22.4. The quantitative estimate of drug-likeness (QED) is 0.341. The summed E-state index contributed by atoms with van der Waals surface area (Å²) >= 11 is 0. The number of rotatable bonds is 8. The summed E-state index contributed by atoms with van der Waals surface area (Å²) in [6.07, 6.45) is 0.384. The molecule has 0 bridgehead atoms. The summed E-state index contributed by atoms with van der Waals surface area (Å²) in [5.41, 5.74) is 1.79. The maximum Gasteiger partial charge on any atom is 0.298 e. The maximum atomic E-state index is 14.3. The van der Waals surface area contributed by atoms with Crippen LogP contribution in [0.3, 0.4) is 0 Å². The first-order valence-corrected chi connectivity index (χ1v) is 13.0. The van der Waals surface area contributed by atoms with Crippen LogP contribution in [-0.4, -0.2) is 34.5 Å². The van der Waals surface area contributed by atoms with Crippen LogP contribution in [-0.2, 0) is 24.5 Å². The lowest BCUT2D eigenvalue weighted by Gasteiger charge is -2.33. The number of anilines is 3. The number of carbonyl (C=O) groups is 2. The van der Waals surface area contributed by atoms with E-state index in [9.17, 15) is 18.8 Å². The number of benzene rings is 3. The molecule has 2 aliphatic rings. The number of nitrogens with one attached hydrogen (secondary N) is 1. The molecule has 1 saturated heterocycles. The summed E-state index contributed by atoms with van der Waals surface area (Å²) in [4.78, 5) is 47.5. The van der Waals surface area contributed by atoms with Gasteiger partial charge < -0.3 is 19.9 Å². The highest BCUT2D eigenvalue weighted by atomic mass is 19.1. The van der Waals surface area contributed by atoms with Crippen LogP contribution in [0.2, 0.25) is 0 Å². The summed E-state index contributed by atoms with van der Waals surface area (Å²) < 4.78 is 21.7. The van der Waals surface area contributed by atoms with Crippen molar-refractivity contribution in [2.24, 2.45) is 0 Å². The van der Waals surface area contributed by atoms with Crippen molar-refractivity contribution < 1.29 is 18.7 Å². The molecule has 3 aromatic carbocycles. The summed E-state index contributed by atoms with van der Waals surface area (Å²) in [6.45, 7) is 1.47. The Kier molecular flexibility index (Phi) is 6.73. The Labute approximate surface area is 229 Å². The van der Waals surface area contributed by atoms with Crippen LogP contribution >= 0.6 is 0 Å². The van der Waals surface area contributed by atoms with Gasteiger partial charge in [0.1, 0.15) is 12.4 Å². The molecule has 0 spiro atoms. The number of carbonyl (C=O) groups excluding carboxylic acids is 2.